The molecule has 0 spiro atoms. The van der Waals surface area contributed by atoms with E-state index in [2.05, 4.69) is 25.1 Å². The third-order valence-electron chi connectivity index (χ3n) is 6.77. The Morgan fingerprint density at radius 3 is 2.46 bits per heavy atom. The minimum absolute atomic E-state index is 0.0663. The number of benzene rings is 2. The van der Waals surface area contributed by atoms with E-state index in [4.69, 9.17) is 5.73 Å². The van der Waals surface area contributed by atoms with Crippen LogP contribution in [0.15, 0.2) is 54.7 Å². The van der Waals surface area contributed by atoms with Gasteiger partial charge in [-0.2, -0.15) is 13.2 Å². The lowest BCUT2D eigenvalue weighted by Gasteiger charge is -2.37. The van der Waals surface area contributed by atoms with Crippen LogP contribution in [-0.4, -0.2) is 51.2 Å². The number of alkyl halides is 3. The van der Waals surface area contributed by atoms with Gasteiger partial charge >= 0.3 is 6.18 Å². The molecule has 2 aromatic carbocycles. The van der Waals surface area contributed by atoms with Crippen molar-refractivity contribution in [2.24, 2.45) is 0 Å². The van der Waals surface area contributed by atoms with Gasteiger partial charge in [0.05, 0.1) is 11.3 Å². The van der Waals surface area contributed by atoms with Crippen LogP contribution in [-0.2, 0) is 12.7 Å². The van der Waals surface area contributed by atoms with Gasteiger partial charge in [0.2, 0.25) is 5.95 Å². The largest absolute Gasteiger partial charge is 0.416 e. The number of hydrogen-bond donors (Lipinski definition) is 1. The zero-order chi connectivity index (χ0) is 26.2. The summed E-state index contributed by atoms with van der Waals surface area (Å²) in [6, 6.07) is 12.5. The van der Waals surface area contributed by atoms with E-state index in [9.17, 15) is 17.6 Å². The van der Waals surface area contributed by atoms with E-state index in [0.717, 1.165) is 35.5 Å². The van der Waals surface area contributed by atoms with E-state index in [1.807, 2.05) is 29.2 Å². The lowest BCUT2D eigenvalue weighted by atomic mass is 10.0. The first-order valence-corrected chi connectivity index (χ1v) is 11.9. The third-order valence-corrected chi connectivity index (χ3v) is 6.77. The highest BCUT2D eigenvalue weighted by molar-refractivity contribution is 5.99. The van der Waals surface area contributed by atoms with Crippen LogP contribution in [0.5, 0.6) is 0 Å². The number of rotatable bonds is 5. The van der Waals surface area contributed by atoms with Crippen molar-refractivity contribution in [3.8, 4) is 11.4 Å². The first kappa shape index (κ1) is 24.8. The molecule has 4 aromatic rings. The highest BCUT2D eigenvalue weighted by atomic mass is 19.4. The molecule has 7 nitrogen and oxygen atoms in total. The quantitative estimate of drug-likeness (QED) is 0.381. The first-order valence-electron chi connectivity index (χ1n) is 11.9. The second-order valence-electron chi connectivity index (χ2n) is 9.15. The summed E-state index contributed by atoms with van der Waals surface area (Å²) >= 11 is 0. The van der Waals surface area contributed by atoms with Crippen molar-refractivity contribution in [3.63, 3.8) is 0 Å². The van der Waals surface area contributed by atoms with Gasteiger partial charge in [-0.3, -0.25) is 4.90 Å². The third kappa shape index (κ3) is 5.17. The summed E-state index contributed by atoms with van der Waals surface area (Å²) in [5, 5.41) is 10.8. The molecule has 0 unspecified atom stereocenters. The Morgan fingerprint density at radius 2 is 1.76 bits per heavy atom. The Bertz CT molecular complexity index is 1420. The highest BCUT2D eigenvalue weighted by Crippen LogP contribution is 2.35. The van der Waals surface area contributed by atoms with Crippen molar-refractivity contribution < 1.29 is 17.6 Å². The summed E-state index contributed by atoms with van der Waals surface area (Å²) in [5.74, 6) is 0.0107. The van der Waals surface area contributed by atoms with E-state index in [1.54, 1.807) is 19.3 Å². The van der Waals surface area contributed by atoms with Gasteiger partial charge in [-0.1, -0.05) is 30.3 Å². The van der Waals surface area contributed by atoms with Gasteiger partial charge in [0.1, 0.15) is 11.5 Å². The van der Waals surface area contributed by atoms with Crippen LogP contribution < -0.4 is 10.6 Å². The molecule has 0 saturated carbocycles. The number of fused-ring (bicyclic) bond motifs is 1. The van der Waals surface area contributed by atoms with Gasteiger partial charge < -0.3 is 10.6 Å². The molecule has 192 valence electrons. The lowest BCUT2D eigenvalue weighted by Crippen LogP contribution is -2.43. The highest BCUT2D eigenvalue weighted by Gasteiger charge is 2.34. The van der Waals surface area contributed by atoms with Crippen LogP contribution in [0.2, 0.25) is 0 Å². The van der Waals surface area contributed by atoms with Gasteiger partial charge in [0.15, 0.2) is 5.82 Å². The van der Waals surface area contributed by atoms with Crippen LogP contribution >= 0.6 is 0 Å². The first-order chi connectivity index (χ1) is 17.7. The van der Waals surface area contributed by atoms with E-state index >= 15 is 0 Å². The van der Waals surface area contributed by atoms with Crippen molar-refractivity contribution >= 4 is 22.5 Å². The number of halogens is 4. The fourth-order valence-electron chi connectivity index (χ4n) is 4.88. The summed E-state index contributed by atoms with van der Waals surface area (Å²) < 4.78 is 53.8. The van der Waals surface area contributed by atoms with E-state index in [0.29, 0.717) is 30.5 Å². The molecule has 1 aliphatic rings. The van der Waals surface area contributed by atoms with Crippen molar-refractivity contribution in [2.75, 3.05) is 30.8 Å². The molecule has 2 N–H and O–H groups in total. The second kappa shape index (κ2) is 9.89. The molecule has 1 saturated heterocycles. The molecule has 0 amide bonds. The minimum Gasteiger partial charge on any atom is -0.368 e. The van der Waals surface area contributed by atoms with Crippen LogP contribution in [0.4, 0.5) is 29.3 Å². The minimum atomic E-state index is -4.61. The predicted octanol–water partition coefficient (Wildman–Crippen LogP) is 4.93. The molecule has 3 heterocycles. The molecule has 1 fully saturated rings. The molecule has 0 atom stereocenters. The summed E-state index contributed by atoms with van der Waals surface area (Å²) in [6.07, 6.45) is -1.56. The zero-order valence-corrected chi connectivity index (χ0v) is 20.1. The smallest absolute Gasteiger partial charge is 0.368 e. The molecular weight excluding hydrogens is 486 g/mol. The van der Waals surface area contributed by atoms with Gasteiger partial charge in [-0.05, 0) is 43.7 Å². The normalized spacial score (nSPS) is 15.0. The number of aromatic nitrogens is 4. The Morgan fingerprint density at radius 1 is 1.03 bits per heavy atom. The monoisotopic (exact) mass is 511 g/mol. The van der Waals surface area contributed by atoms with Crippen molar-refractivity contribution in [1.29, 1.82) is 0 Å². The number of nitrogens with two attached hydrogens (primary N) is 1. The fraction of sp³-hybridized carbons (Fsp3) is 0.308. The van der Waals surface area contributed by atoms with E-state index in [1.165, 1.54) is 6.07 Å². The van der Waals surface area contributed by atoms with Crippen LogP contribution in [0.1, 0.15) is 24.0 Å². The van der Waals surface area contributed by atoms with Crippen molar-refractivity contribution in [3.05, 3.63) is 71.7 Å². The van der Waals surface area contributed by atoms with Gasteiger partial charge in [-0.15, -0.1) is 10.2 Å². The van der Waals surface area contributed by atoms with Crippen LogP contribution in [0.3, 0.4) is 0 Å². The number of nitrogens with zero attached hydrogens (tertiary/aromatic N) is 6. The average molecular weight is 512 g/mol. The summed E-state index contributed by atoms with van der Waals surface area (Å²) in [5.41, 5.74) is 6.09. The molecule has 0 bridgehead atoms. The number of anilines is 2. The molecule has 2 aromatic heterocycles. The molecule has 5 rings (SSSR count). The molecule has 1 aliphatic heterocycles. The van der Waals surface area contributed by atoms with Crippen molar-refractivity contribution in [2.45, 2.75) is 31.6 Å². The maximum atomic E-state index is 13.5. The summed E-state index contributed by atoms with van der Waals surface area (Å²) in [6.45, 7) is 1.42. The molecule has 0 radical (unpaired) electrons. The Labute approximate surface area is 211 Å². The number of hydrogen-bond acceptors (Lipinski definition) is 7. The Kier molecular flexibility index (Phi) is 6.63. The molecule has 0 aliphatic carbocycles. The number of nitrogen functional groups attached to an aromatic ring is 1. The maximum Gasteiger partial charge on any atom is 0.416 e. The summed E-state index contributed by atoms with van der Waals surface area (Å²) in [7, 11) is 1.81. The zero-order valence-electron chi connectivity index (χ0n) is 20.1. The van der Waals surface area contributed by atoms with E-state index < -0.39 is 17.6 Å². The second-order valence-corrected chi connectivity index (χ2v) is 9.15. The topological polar surface area (TPSA) is 84.1 Å². The average Bonchev–Trinajstić information content (AvgIpc) is 2.88. The summed E-state index contributed by atoms with van der Waals surface area (Å²) in [4.78, 5) is 12.3. The van der Waals surface area contributed by atoms with Crippen LogP contribution in [0.25, 0.3) is 22.2 Å². The maximum absolute atomic E-state index is 13.5. The Balaban J connectivity index is 1.33. The fourth-order valence-corrected chi connectivity index (χ4v) is 4.88. The molecular formula is C26H25F4N7. The van der Waals surface area contributed by atoms with E-state index in [-0.39, 0.29) is 24.1 Å². The predicted molar refractivity (Wildman–Crippen MR) is 133 cm³/mol. The Hall–Kier alpha value is -3.86. The molecule has 11 heteroatoms. The van der Waals surface area contributed by atoms with Gasteiger partial charge in [-0.25, -0.2) is 14.4 Å². The standard InChI is InChI=1S/C26H25F4N7/c1-36(15-16-6-7-17(27)14-21(16)26(28,29)30)18-9-12-37(13-10-18)24-20-5-3-2-4-19(20)23(34-35-24)22-8-11-32-25(31)33-22/h2-8,11,14,18H,9-10,12-13,15H2,1H3,(H2,31,32,33). The van der Waals surface area contributed by atoms with Gasteiger partial charge in [0.25, 0.3) is 0 Å². The number of piperidine rings is 1. The van der Waals surface area contributed by atoms with Gasteiger partial charge in [0, 0.05) is 42.6 Å². The molecule has 37 heavy (non-hydrogen) atoms. The van der Waals surface area contributed by atoms with Crippen LogP contribution in [0, 0.1) is 5.82 Å². The SMILES string of the molecule is CN(Cc1ccc(F)cc1C(F)(F)F)C1CCN(c2nnc(-c3ccnc(N)n3)c3ccccc23)CC1. The lowest BCUT2D eigenvalue weighted by molar-refractivity contribution is -0.138. The van der Waals surface area contributed by atoms with Crippen molar-refractivity contribution in [1.82, 2.24) is 25.1 Å².